The van der Waals surface area contributed by atoms with Gasteiger partial charge >= 0.3 is 0 Å². The van der Waals surface area contributed by atoms with Crippen LogP contribution in [0.4, 0.5) is 0 Å². The summed E-state index contributed by atoms with van der Waals surface area (Å²) in [4.78, 5) is 0. The molecule has 2 aliphatic rings. The summed E-state index contributed by atoms with van der Waals surface area (Å²) in [5, 5.41) is 4.52. The van der Waals surface area contributed by atoms with Gasteiger partial charge in [-0.05, 0) is 67.2 Å². The SMILES string of the molecule is C1=C[C@H]2C[C@H]2C[C@@H]1[P+](c1ccccc1)(c1ccccc1)c1ccccc1. The lowest BCUT2D eigenvalue weighted by Gasteiger charge is -2.34. The Bertz CT molecular complexity index is 802. The van der Waals surface area contributed by atoms with Crippen molar-refractivity contribution in [3.05, 3.63) is 103 Å². The first-order chi connectivity index (χ1) is 12.9. The molecular weight excluding hydrogens is 331 g/mol. The molecule has 1 fully saturated rings. The van der Waals surface area contributed by atoms with Crippen molar-refractivity contribution in [3.63, 3.8) is 0 Å². The van der Waals surface area contributed by atoms with E-state index in [0.717, 1.165) is 11.8 Å². The minimum absolute atomic E-state index is 0.596. The van der Waals surface area contributed by atoms with Crippen molar-refractivity contribution < 1.29 is 0 Å². The monoisotopic (exact) mass is 355 g/mol. The molecule has 0 aromatic heterocycles. The molecule has 1 heteroatoms. The number of benzene rings is 3. The molecule has 0 bridgehead atoms. The molecular formula is C25H24P+. The Kier molecular flexibility index (Phi) is 4.03. The molecule has 0 amide bonds. The van der Waals surface area contributed by atoms with Crippen molar-refractivity contribution in [3.8, 4) is 0 Å². The van der Waals surface area contributed by atoms with Gasteiger partial charge in [0.15, 0.2) is 0 Å². The van der Waals surface area contributed by atoms with Crippen LogP contribution in [0.5, 0.6) is 0 Å². The first-order valence-corrected chi connectivity index (χ1v) is 11.5. The molecule has 26 heavy (non-hydrogen) atoms. The number of fused-ring (bicyclic) bond motifs is 1. The van der Waals surface area contributed by atoms with Crippen LogP contribution in [0, 0.1) is 11.8 Å². The molecule has 0 spiro atoms. The minimum atomic E-state index is -1.73. The van der Waals surface area contributed by atoms with E-state index in [0.29, 0.717) is 5.66 Å². The van der Waals surface area contributed by atoms with Crippen LogP contribution in [0.15, 0.2) is 103 Å². The molecule has 2 aliphatic carbocycles. The van der Waals surface area contributed by atoms with Gasteiger partial charge in [0.25, 0.3) is 0 Å². The molecule has 3 atom stereocenters. The van der Waals surface area contributed by atoms with Gasteiger partial charge in [0, 0.05) is 0 Å². The quantitative estimate of drug-likeness (QED) is 0.459. The Balaban J connectivity index is 1.80. The Morgan fingerprint density at radius 3 is 1.42 bits per heavy atom. The number of hydrogen-bond acceptors (Lipinski definition) is 0. The van der Waals surface area contributed by atoms with Crippen molar-refractivity contribution in [1.82, 2.24) is 0 Å². The molecule has 1 saturated carbocycles. The zero-order valence-electron chi connectivity index (χ0n) is 14.9. The van der Waals surface area contributed by atoms with E-state index in [9.17, 15) is 0 Å². The smallest absolute Gasteiger partial charge is 0.0812 e. The second-order valence-electron chi connectivity index (χ2n) is 7.58. The zero-order chi connectivity index (χ0) is 17.4. The normalized spacial score (nSPS) is 24.1. The summed E-state index contributed by atoms with van der Waals surface area (Å²) >= 11 is 0. The second-order valence-corrected chi connectivity index (χ2v) is 11.2. The average molecular weight is 355 g/mol. The lowest BCUT2D eigenvalue weighted by atomic mass is 10.1. The molecule has 0 heterocycles. The highest BCUT2D eigenvalue weighted by Gasteiger charge is 2.55. The molecule has 128 valence electrons. The molecule has 0 unspecified atom stereocenters. The summed E-state index contributed by atoms with van der Waals surface area (Å²) in [5.74, 6) is 1.76. The largest absolute Gasteiger partial charge is 0.118 e. The van der Waals surface area contributed by atoms with Gasteiger partial charge < -0.3 is 0 Å². The van der Waals surface area contributed by atoms with Crippen LogP contribution < -0.4 is 15.9 Å². The highest BCUT2D eigenvalue weighted by molar-refractivity contribution is 7.96. The second kappa shape index (κ2) is 6.53. The fraction of sp³-hybridized carbons (Fsp3) is 0.200. The number of rotatable bonds is 4. The van der Waals surface area contributed by atoms with E-state index in [4.69, 9.17) is 0 Å². The molecule has 0 nitrogen and oxygen atoms in total. The molecule has 3 aromatic carbocycles. The first kappa shape index (κ1) is 16.0. The van der Waals surface area contributed by atoms with Crippen LogP contribution in [0.1, 0.15) is 12.8 Å². The zero-order valence-corrected chi connectivity index (χ0v) is 15.8. The van der Waals surface area contributed by atoms with E-state index >= 15 is 0 Å². The van der Waals surface area contributed by atoms with Gasteiger partial charge in [0.2, 0.25) is 0 Å². The molecule has 3 aromatic rings. The summed E-state index contributed by atoms with van der Waals surface area (Å²) in [6, 6.07) is 33.9. The van der Waals surface area contributed by atoms with Crippen molar-refractivity contribution in [2.45, 2.75) is 18.5 Å². The summed E-state index contributed by atoms with van der Waals surface area (Å²) in [5.41, 5.74) is 0.596. The van der Waals surface area contributed by atoms with Crippen molar-refractivity contribution in [2.24, 2.45) is 11.8 Å². The molecule has 5 rings (SSSR count). The highest BCUT2D eigenvalue weighted by atomic mass is 31.2. The fourth-order valence-electron chi connectivity index (χ4n) is 4.74. The summed E-state index contributed by atoms with van der Waals surface area (Å²) < 4.78 is 0. The van der Waals surface area contributed by atoms with Crippen LogP contribution in [0.2, 0.25) is 0 Å². The summed E-state index contributed by atoms with van der Waals surface area (Å²) in [6.45, 7) is 0. The van der Waals surface area contributed by atoms with E-state index < -0.39 is 7.26 Å². The summed E-state index contributed by atoms with van der Waals surface area (Å²) in [7, 11) is -1.73. The third-order valence-electron chi connectivity index (χ3n) is 6.09. The van der Waals surface area contributed by atoms with Crippen LogP contribution in [-0.4, -0.2) is 5.66 Å². The van der Waals surface area contributed by atoms with E-state index in [-0.39, 0.29) is 0 Å². The third kappa shape index (κ3) is 2.56. The molecule has 0 saturated heterocycles. The first-order valence-electron chi connectivity index (χ1n) is 9.63. The molecule has 0 radical (unpaired) electrons. The Morgan fingerprint density at radius 2 is 1.00 bits per heavy atom. The topological polar surface area (TPSA) is 0 Å². The van der Waals surface area contributed by atoms with Gasteiger partial charge in [-0.25, -0.2) is 0 Å². The van der Waals surface area contributed by atoms with Gasteiger partial charge in [0.1, 0.15) is 28.8 Å². The Morgan fingerprint density at radius 1 is 0.538 bits per heavy atom. The van der Waals surface area contributed by atoms with Crippen LogP contribution >= 0.6 is 7.26 Å². The average Bonchev–Trinajstić information content (AvgIpc) is 3.50. The maximum absolute atomic E-state index is 2.56. The standard InChI is InChI=1S/C25H24P/c1-4-10-22(11-5-1)26(23-12-6-2-7-13-23,24-14-8-3-9-15-24)25-17-16-20-18-21(20)19-25/h1-17,20-21,25H,18-19H2/q+1/t20-,21-,25+/m0/s1. The lowest BCUT2D eigenvalue weighted by Crippen LogP contribution is -2.38. The fourth-order valence-corrected chi connectivity index (χ4v) is 9.65. The maximum atomic E-state index is 2.56. The predicted molar refractivity (Wildman–Crippen MR) is 114 cm³/mol. The van der Waals surface area contributed by atoms with Crippen LogP contribution in [-0.2, 0) is 0 Å². The highest BCUT2D eigenvalue weighted by Crippen LogP contribution is 2.65. The number of hydrogen-bond donors (Lipinski definition) is 0. The number of allylic oxidation sites excluding steroid dienone is 2. The van der Waals surface area contributed by atoms with Crippen molar-refractivity contribution in [1.29, 1.82) is 0 Å². The summed E-state index contributed by atoms with van der Waals surface area (Å²) in [6.07, 6.45) is 7.80. The maximum Gasteiger partial charge on any atom is 0.118 e. The van der Waals surface area contributed by atoms with Crippen molar-refractivity contribution in [2.75, 3.05) is 0 Å². The van der Waals surface area contributed by atoms with E-state index in [1.807, 2.05) is 0 Å². The lowest BCUT2D eigenvalue weighted by molar-refractivity contribution is 0.688. The van der Waals surface area contributed by atoms with Crippen molar-refractivity contribution >= 4 is 23.2 Å². The van der Waals surface area contributed by atoms with Gasteiger partial charge in [-0.15, -0.1) is 0 Å². The van der Waals surface area contributed by atoms with E-state index in [2.05, 4.69) is 103 Å². The van der Waals surface area contributed by atoms with Gasteiger partial charge in [-0.1, -0.05) is 60.7 Å². The predicted octanol–water partition coefficient (Wildman–Crippen LogP) is 4.95. The van der Waals surface area contributed by atoms with E-state index in [1.54, 1.807) is 0 Å². The van der Waals surface area contributed by atoms with Gasteiger partial charge in [0.05, 0.1) is 0 Å². The molecule has 0 aliphatic heterocycles. The van der Waals surface area contributed by atoms with Crippen LogP contribution in [0.25, 0.3) is 0 Å². The van der Waals surface area contributed by atoms with E-state index in [1.165, 1.54) is 28.8 Å². The Hall–Kier alpha value is -2.17. The molecule has 0 N–H and O–H groups in total. The van der Waals surface area contributed by atoms with Gasteiger partial charge in [-0.2, -0.15) is 0 Å². The minimum Gasteiger partial charge on any atom is -0.0812 e. The Labute approximate surface area is 156 Å². The van der Waals surface area contributed by atoms with Crippen LogP contribution in [0.3, 0.4) is 0 Å². The third-order valence-corrected chi connectivity index (χ3v) is 10.8. The van der Waals surface area contributed by atoms with Gasteiger partial charge in [-0.3, -0.25) is 0 Å².